The van der Waals surface area contributed by atoms with E-state index in [2.05, 4.69) is 25.7 Å². The minimum absolute atomic E-state index is 0.320. The Balaban J connectivity index is 2.16. The van der Waals surface area contributed by atoms with Crippen LogP contribution in [-0.4, -0.2) is 17.5 Å². The van der Waals surface area contributed by atoms with Gasteiger partial charge in [0.2, 0.25) is 0 Å². The molecule has 3 heteroatoms. The minimum Gasteiger partial charge on any atom is -0.296 e. The lowest BCUT2D eigenvalue weighted by molar-refractivity contribution is 0.0729. The van der Waals surface area contributed by atoms with Gasteiger partial charge in [0.25, 0.3) is 0 Å². The standard InChI is InChI=1S/C16H21FN2/c1-11-4-12(2)13(3)19(9-11)10-15-5-14(8-18)6-16(17)7-15/h5-7,11-13H,4,9-10H2,1-3H3. The van der Waals surface area contributed by atoms with Crippen molar-refractivity contribution in [3.63, 3.8) is 0 Å². The van der Waals surface area contributed by atoms with Crippen LogP contribution in [0.5, 0.6) is 0 Å². The number of likely N-dealkylation sites (tertiary alicyclic amines) is 1. The molecule has 1 fully saturated rings. The van der Waals surface area contributed by atoms with Gasteiger partial charge in [0.05, 0.1) is 11.6 Å². The van der Waals surface area contributed by atoms with E-state index in [0.717, 1.165) is 18.7 Å². The number of nitrogens with zero attached hydrogens (tertiary/aromatic N) is 2. The van der Waals surface area contributed by atoms with Gasteiger partial charge in [0, 0.05) is 19.1 Å². The second-order valence-corrected chi connectivity index (χ2v) is 5.95. The Morgan fingerprint density at radius 2 is 2.05 bits per heavy atom. The molecule has 2 rings (SSSR count). The molecule has 0 radical (unpaired) electrons. The fourth-order valence-electron chi connectivity index (χ4n) is 3.08. The SMILES string of the molecule is CC1CC(C)C(C)N(Cc2cc(F)cc(C#N)c2)C1. The third kappa shape index (κ3) is 3.33. The zero-order valence-electron chi connectivity index (χ0n) is 11.9. The number of hydrogen-bond donors (Lipinski definition) is 0. The van der Waals surface area contributed by atoms with Gasteiger partial charge in [-0.2, -0.15) is 5.26 Å². The molecule has 102 valence electrons. The highest BCUT2D eigenvalue weighted by atomic mass is 19.1. The summed E-state index contributed by atoms with van der Waals surface area (Å²) in [6, 6.07) is 7.14. The molecule has 0 spiro atoms. The molecule has 1 aliphatic rings. The third-order valence-corrected chi connectivity index (χ3v) is 4.19. The Kier molecular flexibility index (Phi) is 4.21. The van der Waals surface area contributed by atoms with Crippen molar-refractivity contribution >= 4 is 0 Å². The van der Waals surface area contributed by atoms with Gasteiger partial charge < -0.3 is 0 Å². The van der Waals surface area contributed by atoms with Crippen LogP contribution in [0.4, 0.5) is 4.39 Å². The quantitative estimate of drug-likeness (QED) is 0.813. The monoisotopic (exact) mass is 260 g/mol. The van der Waals surface area contributed by atoms with Crippen LogP contribution in [0.2, 0.25) is 0 Å². The first-order chi connectivity index (χ1) is 8.99. The summed E-state index contributed by atoms with van der Waals surface area (Å²) in [6.07, 6.45) is 1.25. The summed E-state index contributed by atoms with van der Waals surface area (Å²) in [7, 11) is 0. The van der Waals surface area contributed by atoms with E-state index < -0.39 is 0 Å². The van der Waals surface area contributed by atoms with E-state index in [1.807, 2.05) is 6.07 Å². The average Bonchev–Trinajstić information content (AvgIpc) is 2.34. The molecule has 0 N–H and O–H groups in total. The summed E-state index contributed by atoms with van der Waals surface area (Å²) in [5.74, 6) is 1.02. The van der Waals surface area contributed by atoms with Crippen molar-refractivity contribution in [1.82, 2.24) is 4.90 Å². The van der Waals surface area contributed by atoms with Crippen LogP contribution in [0.25, 0.3) is 0 Å². The average molecular weight is 260 g/mol. The highest BCUT2D eigenvalue weighted by Gasteiger charge is 2.28. The van der Waals surface area contributed by atoms with E-state index in [0.29, 0.717) is 23.4 Å². The summed E-state index contributed by atoms with van der Waals surface area (Å²) >= 11 is 0. The Morgan fingerprint density at radius 1 is 1.32 bits per heavy atom. The van der Waals surface area contributed by atoms with Crippen LogP contribution in [0.1, 0.15) is 38.3 Å². The number of benzene rings is 1. The summed E-state index contributed by atoms with van der Waals surface area (Å²) in [5.41, 5.74) is 1.30. The van der Waals surface area contributed by atoms with E-state index in [4.69, 9.17) is 5.26 Å². The Morgan fingerprint density at radius 3 is 2.74 bits per heavy atom. The van der Waals surface area contributed by atoms with E-state index >= 15 is 0 Å². The van der Waals surface area contributed by atoms with Crippen molar-refractivity contribution in [2.24, 2.45) is 11.8 Å². The maximum atomic E-state index is 13.4. The topological polar surface area (TPSA) is 27.0 Å². The first kappa shape index (κ1) is 14.0. The van der Waals surface area contributed by atoms with Crippen LogP contribution >= 0.6 is 0 Å². The highest BCUT2D eigenvalue weighted by molar-refractivity contribution is 5.33. The van der Waals surface area contributed by atoms with Crippen molar-refractivity contribution in [1.29, 1.82) is 5.26 Å². The molecule has 0 amide bonds. The molecule has 2 nitrogen and oxygen atoms in total. The fraction of sp³-hybridized carbons (Fsp3) is 0.562. The molecule has 3 atom stereocenters. The van der Waals surface area contributed by atoms with Crippen LogP contribution in [-0.2, 0) is 6.54 Å². The third-order valence-electron chi connectivity index (χ3n) is 4.19. The number of halogens is 1. The summed E-state index contributed by atoms with van der Waals surface area (Å²) in [6.45, 7) is 8.55. The lowest BCUT2D eigenvalue weighted by atomic mass is 9.86. The van der Waals surface area contributed by atoms with Crippen molar-refractivity contribution in [2.75, 3.05) is 6.54 Å². The molecule has 3 unspecified atom stereocenters. The zero-order chi connectivity index (χ0) is 14.0. The predicted octanol–water partition coefficient (Wildman–Crippen LogP) is 3.56. The fourth-order valence-corrected chi connectivity index (χ4v) is 3.08. The molecule has 1 heterocycles. The van der Waals surface area contributed by atoms with Crippen molar-refractivity contribution < 1.29 is 4.39 Å². The molecule has 1 aromatic carbocycles. The van der Waals surface area contributed by atoms with Crippen LogP contribution in [0, 0.1) is 29.0 Å². The maximum Gasteiger partial charge on any atom is 0.124 e. The van der Waals surface area contributed by atoms with Crippen molar-refractivity contribution in [3.05, 3.63) is 35.1 Å². The van der Waals surface area contributed by atoms with Gasteiger partial charge in [-0.1, -0.05) is 13.8 Å². The summed E-state index contributed by atoms with van der Waals surface area (Å²) in [4.78, 5) is 2.40. The Bertz CT molecular complexity index is 492. The van der Waals surface area contributed by atoms with Crippen LogP contribution < -0.4 is 0 Å². The molecule has 1 saturated heterocycles. The van der Waals surface area contributed by atoms with Gasteiger partial charge in [-0.15, -0.1) is 0 Å². The molecule has 1 aromatic rings. The lowest BCUT2D eigenvalue weighted by Crippen LogP contribution is -2.45. The van der Waals surface area contributed by atoms with Gasteiger partial charge in [-0.25, -0.2) is 4.39 Å². The number of hydrogen-bond acceptors (Lipinski definition) is 2. The first-order valence-electron chi connectivity index (χ1n) is 6.93. The Hall–Kier alpha value is -1.40. The van der Waals surface area contributed by atoms with Crippen LogP contribution in [0.15, 0.2) is 18.2 Å². The molecule has 0 aliphatic carbocycles. The van der Waals surface area contributed by atoms with Gasteiger partial charge in [-0.3, -0.25) is 4.90 Å². The molecule has 1 aliphatic heterocycles. The van der Waals surface area contributed by atoms with E-state index in [-0.39, 0.29) is 5.82 Å². The smallest absolute Gasteiger partial charge is 0.124 e. The van der Waals surface area contributed by atoms with Crippen molar-refractivity contribution in [3.8, 4) is 6.07 Å². The first-order valence-corrected chi connectivity index (χ1v) is 6.93. The predicted molar refractivity (Wildman–Crippen MR) is 73.9 cm³/mol. The van der Waals surface area contributed by atoms with Gasteiger partial charge in [0.1, 0.15) is 5.82 Å². The molecule has 0 aromatic heterocycles. The largest absolute Gasteiger partial charge is 0.296 e. The molecular formula is C16H21FN2. The number of piperidine rings is 1. The minimum atomic E-state index is -0.320. The van der Waals surface area contributed by atoms with Crippen molar-refractivity contribution in [2.45, 2.75) is 39.8 Å². The lowest BCUT2D eigenvalue weighted by Gasteiger charge is -2.41. The second kappa shape index (κ2) is 5.71. The molecule has 0 bridgehead atoms. The van der Waals surface area contributed by atoms with Gasteiger partial charge in [0.15, 0.2) is 0 Å². The second-order valence-electron chi connectivity index (χ2n) is 5.95. The summed E-state index contributed by atoms with van der Waals surface area (Å²) in [5, 5.41) is 8.90. The molecule has 0 saturated carbocycles. The van der Waals surface area contributed by atoms with E-state index in [1.165, 1.54) is 18.6 Å². The Labute approximate surface area is 114 Å². The number of rotatable bonds is 2. The zero-order valence-corrected chi connectivity index (χ0v) is 11.9. The maximum absolute atomic E-state index is 13.4. The van der Waals surface area contributed by atoms with Crippen LogP contribution in [0.3, 0.4) is 0 Å². The molecule has 19 heavy (non-hydrogen) atoms. The van der Waals surface area contributed by atoms with E-state index in [1.54, 1.807) is 6.07 Å². The van der Waals surface area contributed by atoms with E-state index in [9.17, 15) is 4.39 Å². The molecular weight excluding hydrogens is 239 g/mol. The number of nitriles is 1. The highest BCUT2D eigenvalue weighted by Crippen LogP contribution is 2.28. The van der Waals surface area contributed by atoms with Gasteiger partial charge >= 0.3 is 0 Å². The normalized spacial score (nSPS) is 28.1. The summed E-state index contributed by atoms with van der Waals surface area (Å²) < 4.78 is 13.4. The van der Waals surface area contributed by atoms with Gasteiger partial charge in [-0.05, 0) is 48.9 Å².